The topological polar surface area (TPSA) is 57.6 Å². The van der Waals surface area contributed by atoms with E-state index in [2.05, 4.69) is 6.58 Å². The van der Waals surface area contributed by atoms with Gasteiger partial charge in [-0.05, 0) is 11.6 Å². The molecule has 0 atom stereocenters. The van der Waals surface area contributed by atoms with Crippen LogP contribution in [0.3, 0.4) is 0 Å². The normalized spacial score (nSPS) is 13.8. The van der Waals surface area contributed by atoms with E-state index in [-0.39, 0.29) is 11.5 Å². The Morgan fingerprint density at radius 1 is 1.56 bits per heavy atom. The first-order chi connectivity index (χ1) is 7.65. The molecule has 1 aliphatic rings. The third-order valence-corrected chi connectivity index (χ3v) is 2.59. The average molecular weight is 217 g/mol. The molecule has 0 spiro atoms. The second-order valence-corrected chi connectivity index (χ2v) is 3.62. The van der Waals surface area contributed by atoms with Crippen LogP contribution in [-0.2, 0) is 6.54 Å². The van der Waals surface area contributed by atoms with E-state index < -0.39 is 5.97 Å². The van der Waals surface area contributed by atoms with Crippen molar-refractivity contribution < 1.29 is 14.7 Å². The number of benzene rings is 1. The molecule has 82 valence electrons. The van der Waals surface area contributed by atoms with Crippen LogP contribution in [0.25, 0.3) is 0 Å². The van der Waals surface area contributed by atoms with Gasteiger partial charge in [0.1, 0.15) is 0 Å². The Hall–Kier alpha value is -2.10. The van der Waals surface area contributed by atoms with Gasteiger partial charge in [-0.3, -0.25) is 4.79 Å². The van der Waals surface area contributed by atoms with Crippen molar-refractivity contribution in [2.45, 2.75) is 6.54 Å². The third kappa shape index (κ3) is 1.48. The summed E-state index contributed by atoms with van der Waals surface area (Å²) in [6, 6.07) is 4.90. The van der Waals surface area contributed by atoms with Gasteiger partial charge in [0.25, 0.3) is 5.91 Å². The summed E-state index contributed by atoms with van der Waals surface area (Å²) in [7, 11) is 0. The second-order valence-electron chi connectivity index (χ2n) is 3.62. The molecular weight excluding hydrogens is 206 g/mol. The maximum atomic E-state index is 11.9. The highest BCUT2D eigenvalue weighted by Crippen LogP contribution is 2.25. The highest BCUT2D eigenvalue weighted by Gasteiger charge is 2.30. The van der Waals surface area contributed by atoms with E-state index in [1.165, 1.54) is 6.07 Å². The minimum absolute atomic E-state index is 0.0778. The molecule has 2 rings (SSSR count). The number of hydrogen-bond acceptors (Lipinski definition) is 2. The summed E-state index contributed by atoms with van der Waals surface area (Å²) in [4.78, 5) is 24.5. The zero-order valence-electron chi connectivity index (χ0n) is 8.64. The largest absolute Gasteiger partial charge is 0.478 e. The van der Waals surface area contributed by atoms with Crippen LogP contribution in [-0.4, -0.2) is 28.4 Å². The molecule has 1 aromatic carbocycles. The molecule has 1 aliphatic heterocycles. The average Bonchev–Trinajstić information content (AvgIpc) is 2.57. The second kappa shape index (κ2) is 3.81. The first-order valence-electron chi connectivity index (χ1n) is 4.90. The van der Waals surface area contributed by atoms with Gasteiger partial charge in [-0.1, -0.05) is 18.2 Å². The Labute approximate surface area is 92.8 Å². The Morgan fingerprint density at radius 3 is 2.94 bits per heavy atom. The predicted molar refractivity (Wildman–Crippen MR) is 58.3 cm³/mol. The third-order valence-electron chi connectivity index (χ3n) is 2.59. The molecule has 16 heavy (non-hydrogen) atoms. The Balaban J connectivity index is 2.48. The number of carbonyl (C=O) groups excluding carboxylic acids is 1. The molecule has 0 unspecified atom stereocenters. The molecule has 1 N–H and O–H groups in total. The van der Waals surface area contributed by atoms with Crippen LogP contribution in [0, 0.1) is 0 Å². The summed E-state index contributed by atoms with van der Waals surface area (Å²) in [5, 5.41) is 8.99. The summed E-state index contributed by atoms with van der Waals surface area (Å²) in [6.45, 7) is 4.47. The van der Waals surface area contributed by atoms with Gasteiger partial charge < -0.3 is 10.0 Å². The number of aromatic carboxylic acids is 1. The molecule has 0 aromatic heterocycles. The maximum absolute atomic E-state index is 11.9. The Bertz CT molecular complexity index is 479. The lowest BCUT2D eigenvalue weighted by Gasteiger charge is -2.11. The predicted octanol–water partition coefficient (Wildman–Crippen LogP) is 1.53. The van der Waals surface area contributed by atoms with Crippen LogP contribution < -0.4 is 0 Å². The first-order valence-corrected chi connectivity index (χ1v) is 4.90. The molecule has 0 saturated carbocycles. The fourth-order valence-electron chi connectivity index (χ4n) is 1.90. The van der Waals surface area contributed by atoms with Crippen molar-refractivity contribution in [3.05, 3.63) is 47.5 Å². The Kier molecular flexibility index (Phi) is 2.48. The summed E-state index contributed by atoms with van der Waals surface area (Å²) in [5.74, 6) is -1.29. The van der Waals surface area contributed by atoms with Crippen molar-refractivity contribution in [3.63, 3.8) is 0 Å². The van der Waals surface area contributed by atoms with Gasteiger partial charge in [-0.2, -0.15) is 0 Å². The van der Waals surface area contributed by atoms with E-state index in [0.717, 1.165) is 5.56 Å². The monoisotopic (exact) mass is 217 g/mol. The summed E-state index contributed by atoms with van der Waals surface area (Å²) >= 11 is 0. The lowest BCUT2D eigenvalue weighted by atomic mass is 10.0. The minimum Gasteiger partial charge on any atom is -0.478 e. The molecule has 1 aromatic rings. The quantitative estimate of drug-likeness (QED) is 0.781. The van der Waals surface area contributed by atoms with Crippen LogP contribution in [0.4, 0.5) is 0 Å². The number of carboxylic acid groups (broad SMARTS) is 1. The van der Waals surface area contributed by atoms with Gasteiger partial charge in [0.2, 0.25) is 0 Å². The van der Waals surface area contributed by atoms with E-state index in [1.54, 1.807) is 23.1 Å². The van der Waals surface area contributed by atoms with Crippen molar-refractivity contribution in [3.8, 4) is 0 Å². The van der Waals surface area contributed by atoms with Crippen molar-refractivity contribution >= 4 is 11.9 Å². The van der Waals surface area contributed by atoms with Crippen molar-refractivity contribution in [2.75, 3.05) is 6.54 Å². The van der Waals surface area contributed by atoms with E-state index in [0.29, 0.717) is 18.7 Å². The van der Waals surface area contributed by atoms with Gasteiger partial charge in [-0.25, -0.2) is 4.79 Å². The number of amides is 1. The van der Waals surface area contributed by atoms with E-state index in [4.69, 9.17) is 5.11 Å². The molecule has 1 heterocycles. The maximum Gasteiger partial charge on any atom is 0.336 e. The van der Waals surface area contributed by atoms with Crippen LogP contribution in [0.5, 0.6) is 0 Å². The van der Waals surface area contributed by atoms with Crippen molar-refractivity contribution in [2.24, 2.45) is 0 Å². The molecular formula is C12H11NO3. The van der Waals surface area contributed by atoms with Gasteiger partial charge in [-0.15, -0.1) is 6.58 Å². The fourth-order valence-corrected chi connectivity index (χ4v) is 1.90. The Morgan fingerprint density at radius 2 is 2.31 bits per heavy atom. The number of carbonyl (C=O) groups is 2. The summed E-state index contributed by atoms with van der Waals surface area (Å²) < 4.78 is 0. The zero-order chi connectivity index (χ0) is 11.7. The smallest absolute Gasteiger partial charge is 0.336 e. The standard InChI is InChI=1S/C12H11NO3/c1-2-6-13-7-8-4-3-5-9(12(15)16)10(8)11(13)14/h2-5H,1,6-7H2,(H,15,16). The molecule has 1 amide bonds. The zero-order valence-corrected chi connectivity index (χ0v) is 8.64. The number of hydrogen-bond donors (Lipinski definition) is 1. The number of rotatable bonds is 3. The van der Waals surface area contributed by atoms with Gasteiger partial charge in [0, 0.05) is 13.1 Å². The summed E-state index contributed by atoms with van der Waals surface area (Å²) in [5.41, 5.74) is 1.16. The van der Waals surface area contributed by atoms with Gasteiger partial charge >= 0.3 is 5.97 Å². The lowest BCUT2D eigenvalue weighted by molar-refractivity contribution is 0.0684. The number of nitrogens with zero attached hydrogens (tertiary/aromatic N) is 1. The van der Waals surface area contributed by atoms with Gasteiger partial charge in [0.05, 0.1) is 11.1 Å². The van der Waals surface area contributed by atoms with Crippen molar-refractivity contribution in [1.29, 1.82) is 0 Å². The van der Waals surface area contributed by atoms with E-state index in [9.17, 15) is 9.59 Å². The van der Waals surface area contributed by atoms with E-state index in [1.807, 2.05) is 0 Å². The van der Waals surface area contributed by atoms with E-state index >= 15 is 0 Å². The molecule has 0 radical (unpaired) electrons. The van der Waals surface area contributed by atoms with Crippen LogP contribution >= 0.6 is 0 Å². The van der Waals surface area contributed by atoms with Gasteiger partial charge in [0.15, 0.2) is 0 Å². The highest BCUT2D eigenvalue weighted by molar-refractivity contribution is 6.07. The first kappa shape index (κ1) is 10.4. The van der Waals surface area contributed by atoms with Crippen LogP contribution in [0.1, 0.15) is 26.3 Å². The molecule has 0 fully saturated rings. The lowest BCUT2D eigenvalue weighted by Crippen LogP contribution is -2.24. The number of fused-ring (bicyclic) bond motifs is 1. The molecule has 0 saturated heterocycles. The highest BCUT2D eigenvalue weighted by atomic mass is 16.4. The molecule has 4 heteroatoms. The van der Waals surface area contributed by atoms with Crippen LogP contribution in [0.15, 0.2) is 30.9 Å². The fraction of sp³-hybridized carbons (Fsp3) is 0.167. The SMILES string of the molecule is C=CCN1Cc2cccc(C(=O)O)c2C1=O. The van der Waals surface area contributed by atoms with Crippen LogP contribution in [0.2, 0.25) is 0 Å². The number of carboxylic acids is 1. The molecule has 0 aliphatic carbocycles. The molecule has 0 bridgehead atoms. The molecule has 4 nitrogen and oxygen atoms in total. The summed E-state index contributed by atoms with van der Waals surface area (Å²) in [6.07, 6.45) is 1.63. The van der Waals surface area contributed by atoms with Crippen molar-refractivity contribution in [1.82, 2.24) is 4.90 Å². The minimum atomic E-state index is -1.06.